The molecule has 1 fully saturated rings. The number of halogens is 1. The highest BCUT2D eigenvalue weighted by molar-refractivity contribution is 14.0. The molecule has 0 aromatic heterocycles. The highest BCUT2D eigenvalue weighted by atomic mass is 127. The lowest BCUT2D eigenvalue weighted by Crippen LogP contribution is -2.45. The van der Waals surface area contributed by atoms with Crippen LogP contribution in [0.4, 0.5) is 0 Å². The molecule has 3 N–H and O–H groups in total. The fourth-order valence-corrected chi connectivity index (χ4v) is 2.44. The number of nitrogens with zero attached hydrogens (tertiary/aromatic N) is 1. The zero-order valence-electron chi connectivity index (χ0n) is 14.1. The van der Waals surface area contributed by atoms with Crippen molar-refractivity contribution >= 4 is 29.9 Å². The van der Waals surface area contributed by atoms with Gasteiger partial charge < -0.3 is 20.5 Å². The fraction of sp³-hybridized carbons (Fsp3) is 0.938. The summed E-state index contributed by atoms with van der Waals surface area (Å²) in [4.78, 5) is 4.60. The van der Waals surface area contributed by atoms with Gasteiger partial charge in [-0.3, -0.25) is 4.99 Å². The van der Waals surface area contributed by atoms with E-state index < -0.39 is 0 Å². The van der Waals surface area contributed by atoms with Gasteiger partial charge in [0, 0.05) is 32.3 Å². The van der Waals surface area contributed by atoms with Gasteiger partial charge >= 0.3 is 0 Å². The maximum atomic E-state index is 9.54. The van der Waals surface area contributed by atoms with Crippen molar-refractivity contribution in [3.05, 3.63) is 0 Å². The molecule has 0 atom stereocenters. The zero-order chi connectivity index (χ0) is 15.3. The van der Waals surface area contributed by atoms with E-state index in [4.69, 9.17) is 4.74 Å². The lowest BCUT2D eigenvalue weighted by Gasteiger charge is -2.27. The van der Waals surface area contributed by atoms with Gasteiger partial charge in [0.2, 0.25) is 0 Å². The summed E-state index contributed by atoms with van der Waals surface area (Å²) in [5.74, 6) is 0.896. The van der Waals surface area contributed by atoms with Gasteiger partial charge in [0.25, 0.3) is 0 Å². The van der Waals surface area contributed by atoms with E-state index >= 15 is 0 Å². The van der Waals surface area contributed by atoms with Crippen LogP contribution in [0.2, 0.25) is 0 Å². The lowest BCUT2D eigenvalue weighted by atomic mass is 9.93. The van der Waals surface area contributed by atoms with Gasteiger partial charge in [-0.1, -0.05) is 13.3 Å². The Morgan fingerprint density at radius 2 is 1.82 bits per heavy atom. The molecule has 0 aliphatic heterocycles. The molecule has 1 saturated carbocycles. The molecular formula is C16H34IN3O2. The maximum Gasteiger partial charge on any atom is 0.191 e. The van der Waals surface area contributed by atoms with E-state index in [2.05, 4.69) is 29.5 Å². The van der Waals surface area contributed by atoms with Crippen molar-refractivity contribution in [1.82, 2.24) is 10.6 Å². The van der Waals surface area contributed by atoms with Crippen molar-refractivity contribution in [2.45, 2.75) is 70.9 Å². The third-order valence-corrected chi connectivity index (χ3v) is 3.74. The monoisotopic (exact) mass is 427 g/mol. The number of aliphatic imine (C=N–C) groups is 1. The van der Waals surface area contributed by atoms with Gasteiger partial charge in [-0.25, -0.2) is 0 Å². The van der Waals surface area contributed by atoms with E-state index in [-0.39, 0.29) is 30.1 Å². The summed E-state index contributed by atoms with van der Waals surface area (Å²) in [6, 6.07) is 0.437. The van der Waals surface area contributed by atoms with E-state index in [1.807, 2.05) is 0 Å². The zero-order valence-corrected chi connectivity index (χ0v) is 16.5. The summed E-state index contributed by atoms with van der Waals surface area (Å²) in [7, 11) is 0. The van der Waals surface area contributed by atoms with Crippen molar-refractivity contribution in [2.24, 2.45) is 4.99 Å². The average Bonchev–Trinajstić information content (AvgIpc) is 2.49. The topological polar surface area (TPSA) is 65.9 Å². The molecule has 0 bridgehead atoms. The third kappa shape index (κ3) is 10.6. The van der Waals surface area contributed by atoms with Crippen LogP contribution in [-0.4, -0.2) is 49.5 Å². The molecule has 6 heteroatoms. The van der Waals surface area contributed by atoms with Gasteiger partial charge in [0.15, 0.2) is 5.96 Å². The molecule has 5 nitrogen and oxygen atoms in total. The summed E-state index contributed by atoms with van der Waals surface area (Å²) in [6.07, 6.45) is 7.00. The minimum atomic E-state index is -0.108. The Labute approximate surface area is 152 Å². The summed E-state index contributed by atoms with van der Waals surface area (Å²) in [5, 5.41) is 16.3. The van der Waals surface area contributed by atoms with Crippen molar-refractivity contribution < 1.29 is 9.84 Å². The second kappa shape index (κ2) is 14.5. The molecule has 0 aromatic carbocycles. The Hall–Kier alpha value is -0.0800. The van der Waals surface area contributed by atoms with E-state index in [1.165, 1.54) is 6.42 Å². The molecule has 132 valence electrons. The molecule has 0 spiro atoms. The summed E-state index contributed by atoms with van der Waals surface area (Å²) >= 11 is 0. The molecule has 1 aliphatic carbocycles. The molecule has 0 unspecified atom stereocenters. The average molecular weight is 427 g/mol. The van der Waals surface area contributed by atoms with Gasteiger partial charge in [0.05, 0.1) is 6.10 Å². The minimum absolute atomic E-state index is 0. The number of nitrogens with one attached hydrogen (secondary N) is 2. The van der Waals surface area contributed by atoms with Crippen molar-refractivity contribution in [2.75, 3.05) is 26.3 Å². The summed E-state index contributed by atoms with van der Waals surface area (Å²) in [6.45, 7) is 7.56. The predicted molar refractivity (Wildman–Crippen MR) is 103 cm³/mol. The molecule has 0 heterocycles. The normalized spacial score (nSPS) is 22.0. The second-order valence-corrected chi connectivity index (χ2v) is 5.73. The van der Waals surface area contributed by atoms with Crippen LogP contribution in [0.1, 0.15) is 58.8 Å². The second-order valence-electron chi connectivity index (χ2n) is 5.73. The molecule has 1 aliphatic rings. The molecule has 0 radical (unpaired) electrons. The van der Waals surface area contributed by atoms with E-state index in [1.54, 1.807) is 0 Å². The van der Waals surface area contributed by atoms with E-state index in [0.29, 0.717) is 6.04 Å². The molecule has 0 saturated heterocycles. The van der Waals surface area contributed by atoms with Crippen LogP contribution >= 0.6 is 24.0 Å². The van der Waals surface area contributed by atoms with E-state index in [0.717, 1.165) is 70.8 Å². The van der Waals surface area contributed by atoms with Crippen LogP contribution in [0.5, 0.6) is 0 Å². The Balaban J connectivity index is 0.00000441. The number of rotatable bonds is 9. The first-order valence-corrected chi connectivity index (χ1v) is 8.56. The Morgan fingerprint density at radius 3 is 2.45 bits per heavy atom. The van der Waals surface area contributed by atoms with Gasteiger partial charge in [-0.15, -0.1) is 24.0 Å². The predicted octanol–water partition coefficient (Wildman–Crippen LogP) is 2.67. The SMILES string of the molecule is CCCCOCCCN=C(NCC)NC1CCC(O)CC1.I. The van der Waals surface area contributed by atoms with E-state index in [9.17, 15) is 5.11 Å². The number of unbranched alkanes of at least 4 members (excludes halogenated alkanes) is 1. The van der Waals surface area contributed by atoms with Gasteiger partial charge in [0.1, 0.15) is 0 Å². The van der Waals surface area contributed by atoms with Crippen molar-refractivity contribution in [3.8, 4) is 0 Å². The van der Waals surface area contributed by atoms with Crippen LogP contribution in [0.3, 0.4) is 0 Å². The van der Waals surface area contributed by atoms with Crippen LogP contribution in [0, 0.1) is 0 Å². The lowest BCUT2D eigenvalue weighted by molar-refractivity contribution is 0.120. The molecular weight excluding hydrogens is 393 g/mol. The molecule has 0 amide bonds. The summed E-state index contributed by atoms with van der Waals surface area (Å²) < 4.78 is 5.54. The minimum Gasteiger partial charge on any atom is -0.393 e. The first kappa shape index (κ1) is 21.9. The Morgan fingerprint density at radius 1 is 1.14 bits per heavy atom. The van der Waals surface area contributed by atoms with Crippen LogP contribution in [-0.2, 0) is 4.74 Å². The standard InChI is InChI=1S/C16H33N3O2.HI/c1-3-5-12-21-13-6-11-18-16(17-4-2)19-14-7-9-15(20)10-8-14;/h14-15,20H,3-13H2,1-2H3,(H2,17,18,19);1H. The quantitative estimate of drug-likeness (QED) is 0.229. The number of aliphatic hydroxyl groups is 1. The van der Waals surface area contributed by atoms with Crippen LogP contribution < -0.4 is 10.6 Å². The Bertz CT molecular complexity index is 283. The number of hydrogen-bond acceptors (Lipinski definition) is 3. The number of guanidine groups is 1. The van der Waals surface area contributed by atoms with Gasteiger partial charge in [-0.2, -0.15) is 0 Å². The first-order chi connectivity index (χ1) is 10.3. The smallest absolute Gasteiger partial charge is 0.191 e. The largest absolute Gasteiger partial charge is 0.393 e. The highest BCUT2D eigenvalue weighted by Crippen LogP contribution is 2.18. The maximum absolute atomic E-state index is 9.54. The van der Waals surface area contributed by atoms with Crippen LogP contribution in [0.15, 0.2) is 4.99 Å². The highest BCUT2D eigenvalue weighted by Gasteiger charge is 2.19. The number of aliphatic hydroxyl groups excluding tert-OH is 1. The molecule has 0 aromatic rings. The molecule has 22 heavy (non-hydrogen) atoms. The summed E-state index contributed by atoms with van der Waals surface area (Å²) in [5.41, 5.74) is 0. The third-order valence-electron chi connectivity index (χ3n) is 3.74. The van der Waals surface area contributed by atoms with Crippen LogP contribution in [0.25, 0.3) is 0 Å². The van der Waals surface area contributed by atoms with Crippen molar-refractivity contribution in [1.29, 1.82) is 0 Å². The fourth-order valence-electron chi connectivity index (χ4n) is 2.44. The molecule has 1 rings (SSSR count). The van der Waals surface area contributed by atoms with Gasteiger partial charge in [-0.05, 0) is 45.4 Å². The number of hydrogen-bond donors (Lipinski definition) is 3. The first-order valence-electron chi connectivity index (χ1n) is 8.56. The Kier molecular flexibility index (Phi) is 14.5. The van der Waals surface area contributed by atoms with Crippen molar-refractivity contribution in [3.63, 3.8) is 0 Å². The number of ether oxygens (including phenoxy) is 1.